The number of fused-ring (bicyclic) bond motifs is 1. The second-order valence-corrected chi connectivity index (χ2v) is 7.63. The number of nitrogens with zero attached hydrogens (tertiary/aromatic N) is 2. The first-order valence-corrected chi connectivity index (χ1v) is 9.89. The summed E-state index contributed by atoms with van der Waals surface area (Å²) < 4.78 is 2.04. The quantitative estimate of drug-likeness (QED) is 0.407. The number of ketones is 1. The van der Waals surface area contributed by atoms with Crippen molar-refractivity contribution in [1.29, 1.82) is 0 Å². The van der Waals surface area contributed by atoms with Gasteiger partial charge in [0.15, 0.2) is 5.78 Å². The van der Waals surface area contributed by atoms with Crippen molar-refractivity contribution in [1.82, 2.24) is 9.38 Å². The predicted molar refractivity (Wildman–Crippen MR) is 113 cm³/mol. The number of aromatic nitrogens is 2. The van der Waals surface area contributed by atoms with Crippen LogP contribution in [-0.4, -0.2) is 15.2 Å². The maximum absolute atomic E-state index is 11.9. The molecule has 0 radical (unpaired) electrons. The summed E-state index contributed by atoms with van der Waals surface area (Å²) in [6.45, 7) is 1.60. The van der Waals surface area contributed by atoms with Gasteiger partial charge in [-0.25, -0.2) is 4.98 Å². The van der Waals surface area contributed by atoms with Crippen molar-refractivity contribution in [3.05, 3.63) is 84.1 Å². The summed E-state index contributed by atoms with van der Waals surface area (Å²) in [5, 5.41) is 0. The first-order chi connectivity index (χ1) is 13.7. The Balaban J connectivity index is 1.70. The molecule has 0 saturated heterocycles. The number of carbonyl (C=O) groups is 1. The molecule has 28 heavy (non-hydrogen) atoms. The summed E-state index contributed by atoms with van der Waals surface area (Å²) in [6.07, 6.45) is 5.85. The van der Waals surface area contributed by atoms with E-state index in [9.17, 15) is 4.79 Å². The second-order valence-electron chi connectivity index (χ2n) is 7.63. The second kappa shape index (κ2) is 6.75. The molecule has 1 saturated carbocycles. The van der Waals surface area contributed by atoms with Gasteiger partial charge in [-0.15, -0.1) is 0 Å². The van der Waals surface area contributed by atoms with E-state index in [2.05, 4.69) is 36.4 Å². The Morgan fingerprint density at radius 3 is 2.32 bits per heavy atom. The van der Waals surface area contributed by atoms with Gasteiger partial charge < -0.3 is 0 Å². The van der Waals surface area contributed by atoms with Crippen LogP contribution in [0.4, 0.5) is 0 Å². The van der Waals surface area contributed by atoms with Gasteiger partial charge in [-0.1, -0.05) is 61.0 Å². The van der Waals surface area contributed by atoms with Crippen LogP contribution in [0.15, 0.2) is 72.9 Å². The third kappa shape index (κ3) is 2.84. The van der Waals surface area contributed by atoms with Crippen LogP contribution in [0.2, 0.25) is 0 Å². The van der Waals surface area contributed by atoms with Crippen LogP contribution < -0.4 is 0 Å². The largest absolute Gasteiger partial charge is 0.298 e. The van der Waals surface area contributed by atoms with Gasteiger partial charge in [0.25, 0.3) is 0 Å². The van der Waals surface area contributed by atoms with E-state index in [4.69, 9.17) is 4.98 Å². The lowest BCUT2D eigenvalue weighted by molar-refractivity contribution is 0.101. The van der Waals surface area contributed by atoms with Gasteiger partial charge in [-0.05, 0) is 43.4 Å². The minimum atomic E-state index is 0.0565. The molecular formula is C25H22N2O. The Kier molecular flexibility index (Phi) is 4.09. The summed E-state index contributed by atoms with van der Waals surface area (Å²) in [5.41, 5.74) is 7.14. The smallest absolute Gasteiger partial charge is 0.161 e. The number of hydrogen-bond donors (Lipinski definition) is 0. The zero-order valence-electron chi connectivity index (χ0n) is 15.9. The highest BCUT2D eigenvalue weighted by atomic mass is 16.1. The molecule has 0 atom stereocenters. The highest BCUT2D eigenvalue weighted by Gasteiger charge is 2.20. The molecule has 4 aromatic rings. The Morgan fingerprint density at radius 2 is 1.68 bits per heavy atom. The maximum Gasteiger partial charge on any atom is 0.161 e. The summed E-state index contributed by atoms with van der Waals surface area (Å²) in [4.78, 5) is 16.8. The maximum atomic E-state index is 11.9. The van der Waals surface area contributed by atoms with Gasteiger partial charge in [-0.2, -0.15) is 0 Å². The van der Waals surface area contributed by atoms with E-state index in [1.807, 2.05) is 40.9 Å². The molecule has 0 spiro atoms. The topological polar surface area (TPSA) is 34.4 Å². The van der Waals surface area contributed by atoms with Crippen LogP contribution in [0.3, 0.4) is 0 Å². The van der Waals surface area contributed by atoms with Crippen LogP contribution in [0.25, 0.3) is 28.2 Å². The van der Waals surface area contributed by atoms with Gasteiger partial charge in [-0.3, -0.25) is 9.20 Å². The number of carbonyl (C=O) groups excluding carboxylic acids is 1. The minimum absolute atomic E-state index is 0.0565. The molecular weight excluding hydrogens is 344 g/mol. The van der Waals surface area contributed by atoms with E-state index >= 15 is 0 Å². The van der Waals surface area contributed by atoms with E-state index in [1.165, 1.54) is 24.8 Å². The van der Waals surface area contributed by atoms with Crippen LogP contribution in [0, 0.1) is 0 Å². The Hall–Kier alpha value is -3.20. The Bertz CT molecular complexity index is 1150. The summed E-state index contributed by atoms with van der Waals surface area (Å²) >= 11 is 0. The normalized spacial score (nSPS) is 14.2. The van der Waals surface area contributed by atoms with Crippen molar-refractivity contribution >= 4 is 11.4 Å². The van der Waals surface area contributed by atoms with Gasteiger partial charge >= 0.3 is 0 Å². The van der Waals surface area contributed by atoms with E-state index in [-0.39, 0.29) is 5.78 Å². The fourth-order valence-electron chi connectivity index (χ4n) is 3.98. The molecule has 3 heteroatoms. The van der Waals surface area contributed by atoms with E-state index in [0.29, 0.717) is 5.56 Å². The number of benzene rings is 2. The third-order valence-electron chi connectivity index (χ3n) is 5.83. The van der Waals surface area contributed by atoms with Crippen LogP contribution in [0.1, 0.15) is 48.0 Å². The molecule has 0 aliphatic heterocycles. The van der Waals surface area contributed by atoms with Crippen molar-refractivity contribution in [2.24, 2.45) is 0 Å². The zero-order valence-corrected chi connectivity index (χ0v) is 15.9. The first kappa shape index (κ1) is 16.9. The van der Waals surface area contributed by atoms with Crippen LogP contribution in [0.5, 0.6) is 0 Å². The van der Waals surface area contributed by atoms with Gasteiger partial charge in [0.05, 0.1) is 11.4 Å². The SMILES string of the molecule is CC(=O)c1ccc2nc(-c3ccc(C4CCC4)cc3)c(-c3ccccc3)n2c1. The average Bonchev–Trinajstić information content (AvgIpc) is 3.06. The molecule has 1 fully saturated rings. The van der Waals surface area contributed by atoms with Crippen LogP contribution in [-0.2, 0) is 0 Å². The lowest BCUT2D eigenvalue weighted by Crippen LogP contribution is -2.08. The summed E-state index contributed by atoms with van der Waals surface area (Å²) in [7, 11) is 0. The molecule has 2 heterocycles. The van der Waals surface area contributed by atoms with Crippen molar-refractivity contribution in [2.75, 3.05) is 0 Å². The average molecular weight is 366 g/mol. The Morgan fingerprint density at radius 1 is 0.929 bits per heavy atom. The monoisotopic (exact) mass is 366 g/mol. The molecule has 0 bridgehead atoms. The Labute approximate surface area is 164 Å². The van der Waals surface area contributed by atoms with Crippen molar-refractivity contribution in [2.45, 2.75) is 32.1 Å². The molecule has 2 aromatic heterocycles. The highest BCUT2D eigenvalue weighted by molar-refractivity contribution is 5.94. The summed E-state index contributed by atoms with van der Waals surface area (Å²) in [5.74, 6) is 0.780. The minimum Gasteiger partial charge on any atom is -0.298 e. The zero-order chi connectivity index (χ0) is 19.1. The number of Topliss-reactive ketones (excluding diaryl/α,β-unsaturated/α-hetero) is 1. The number of imidazole rings is 1. The first-order valence-electron chi connectivity index (χ1n) is 9.89. The van der Waals surface area contributed by atoms with E-state index in [0.717, 1.165) is 34.1 Å². The van der Waals surface area contributed by atoms with Crippen molar-refractivity contribution in [3.63, 3.8) is 0 Å². The molecule has 138 valence electrons. The van der Waals surface area contributed by atoms with E-state index in [1.54, 1.807) is 6.92 Å². The number of rotatable bonds is 4. The molecule has 0 unspecified atom stereocenters. The molecule has 2 aromatic carbocycles. The molecule has 1 aliphatic carbocycles. The molecule has 3 nitrogen and oxygen atoms in total. The highest BCUT2D eigenvalue weighted by Crippen LogP contribution is 2.38. The molecule has 1 aliphatic rings. The third-order valence-corrected chi connectivity index (χ3v) is 5.83. The fraction of sp³-hybridized carbons (Fsp3) is 0.200. The fourth-order valence-corrected chi connectivity index (χ4v) is 3.98. The van der Waals surface area contributed by atoms with Gasteiger partial charge in [0, 0.05) is 22.9 Å². The van der Waals surface area contributed by atoms with Crippen molar-refractivity contribution < 1.29 is 4.79 Å². The molecule has 0 N–H and O–H groups in total. The lowest BCUT2D eigenvalue weighted by Gasteiger charge is -2.25. The molecule has 0 amide bonds. The van der Waals surface area contributed by atoms with Gasteiger partial charge in [0.1, 0.15) is 5.65 Å². The van der Waals surface area contributed by atoms with Gasteiger partial charge in [0.2, 0.25) is 0 Å². The number of hydrogen-bond acceptors (Lipinski definition) is 2. The number of pyridine rings is 1. The van der Waals surface area contributed by atoms with Crippen LogP contribution >= 0.6 is 0 Å². The predicted octanol–water partition coefficient (Wildman–Crippen LogP) is 6.14. The molecule has 5 rings (SSSR count). The standard InChI is InChI=1S/C25H22N2O/c1-17(28)22-14-15-23-26-24(20-12-10-19(11-13-20)18-8-5-9-18)25(27(23)16-22)21-6-3-2-4-7-21/h2-4,6-7,10-16,18H,5,8-9H2,1H3. The summed E-state index contributed by atoms with van der Waals surface area (Å²) in [6, 6.07) is 22.9. The van der Waals surface area contributed by atoms with Crippen molar-refractivity contribution in [3.8, 4) is 22.5 Å². The van der Waals surface area contributed by atoms with E-state index < -0.39 is 0 Å². The lowest BCUT2D eigenvalue weighted by atomic mass is 9.80.